The van der Waals surface area contributed by atoms with Crippen molar-refractivity contribution in [1.82, 2.24) is 10.6 Å². The van der Waals surface area contributed by atoms with Crippen LogP contribution in [0, 0.1) is 5.92 Å². The van der Waals surface area contributed by atoms with E-state index in [4.69, 9.17) is 4.74 Å². The van der Waals surface area contributed by atoms with Crippen molar-refractivity contribution >= 4 is 5.91 Å². The molecule has 2 N–H and O–H groups in total. The Bertz CT molecular complexity index is 233. The van der Waals surface area contributed by atoms with Gasteiger partial charge in [0.2, 0.25) is 5.91 Å². The van der Waals surface area contributed by atoms with Crippen molar-refractivity contribution in [3.05, 3.63) is 0 Å². The predicted molar refractivity (Wildman–Crippen MR) is 68.9 cm³/mol. The Morgan fingerprint density at radius 3 is 2.88 bits per heavy atom. The minimum Gasteiger partial charge on any atom is -0.383 e. The summed E-state index contributed by atoms with van der Waals surface area (Å²) < 4.78 is 5.09. The Kier molecular flexibility index (Phi) is 6.52. The molecule has 0 aliphatic carbocycles. The summed E-state index contributed by atoms with van der Waals surface area (Å²) in [6.07, 6.45) is 4.23. The molecule has 1 aliphatic heterocycles. The van der Waals surface area contributed by atoms with Gasteiger partial charge < -0.3 is 15.4 Å². The summed E-state index contributed by atoms with van der Waals surface area (Å²) in [5.74, 6) is 0.821. The van der Waals surface area contributed by atoms with Gasteiger partial charge >= 0.3 is 0 Å². The van der Waals surface area contributed by atoms with Crippen LogP contribution in [0.25, 0.3) is 0 Å². The maximum atomic E-state index is 12.1. The molecule has 100 valence electrons. The number of ether oxygens (including phenoxy) is 1. The van der Waals surface area contributed by atoms with Crippen LogP contribution in [0.4, 0.5) is 0 Å². The van der Waals surface area contributed by atoms with Gasteiger partial charge in [-0.05, 0) is 31.7 Å². The maximum Gasteiger partial charge on any atom is 0.237 e. The first-order valence-electron chi connectivity index (χ1n) is 6.73. The molecule has 1 fully saturated rings. The summed E-state index contributed by atoms with van der Waals surface area (Å²) in [6, 6.07) is 0.121. The van der Waals surface area contributed by atoms with Crippen LogP contribution in [0.15, 0.2) is 0 Å². The van der Waals surface area contributed by atoms with Crippen LogP contribution < -0.4 is 10.6 Å². The molecule has 1 amide bonds. The van der Waals surface area contributed by atoms with Crippen molar-refractivity contribution in [2.75, 3.05) is 20.3 Å². The van der Waals surface area contributed by atoms with Crippen molar-refractivity contribution in [3.63, 3.8) is 0 Å². The normalized spacial score (nSPS) is 26.5. The Hall–Kier alpha value is -0.610. The second kappa shape index (κ2) is 7.67. The first-order valence-corrected chi connectivity index (χ1v) is 6.73. The van der Waals surface area contributed by atoms with Crippen LogP contribution in [0.2, 0.25) is 0 Å². The Morgan fingerprint density at radius 1 is 1.53 bits per heavy atom. The zero-order chi connectivity index (χ0) is 12.7. The summed E-state index contributed by atoms with van der Waals surface area (Å²) in [7, 11) is 1.67. The minimum absolute atomic E-state index is 0.0143. The van der Waals surface area contributed by atoms with Crippen molar-refractivity contribution in [1.29, 1.82) is 0 Å². The summed E-state index contributed by atoms with van der Waals surface area (Å²) in [4.78, 5) is 12.1. The molecule has 0 radical (unpaired) electrons. The number of hydrogen-bond acceptors (Lipinski definition) is 3. The standard InChI is InChI=1S/C13H26N2O2/c1-4-10-6-7-14-12(8-10)13(16)15-11(5-2)9-17-3/h10-12,14H,4-9H2,1-3H3,(H,15,16). The van der Waals surface area contributed by atoms with E-state index in [9.17, 15) is 4.79 Å². The number of hydrogen-bond donors (Lipinski definition) is 2. The number of rotatable bonds is 6. The zero-order valence-corrected chi connectivity index (χ0v) is 11.3. The Balaban J connectivity index is 2.40. The van der Waals surface area contributed by atoms with E-state index in [1.54, 1.807) is 7.11 Å². The third-order valence-corrected chi connectivity index (χ3v) is 3.61. The highest BCUT2D eigenvalue weighted by molar-refractivity contribution is 5.82. The fourth-order valence-corrected chi connectivity index (χ4v) is 2.33. The van der Waals surface area contributed by atoms with Gasteiger partial charge in [0.15, 0.2) is 0 Å². The average molecular weight is 242 g/mol. The number of nitrogens with one attached hydrogen (secondary N) is 2. The molecule has 3 atom stereocenters. The molecule has 3 unspecified atom stereocenters. The smallest absolute Gasteiger partial charge is 0.237 e. The van der Waals surface area contributed by atoms with Gasteiger partial charge in [0.05, 0.1) is 18.7 Å². The molecule has 4 nitrogen and oxygen atoms in total. The van der Waals surface area contributed by atoms with E-state index in [2.05, 4.69) is 24.5 Å². The average Bonchev–Trinajstić information content (AvgIpc) is 2.38. The van der Waals surface area contributed by atoms with Crippen molar-refractivity contribution in [3.8, 4) is 0 Å². The van der Waals surface area contributed by atoms with Gasteiger partial charge in [-0.15, -0.1) is 0 Å². The third-order valence-electron chi connectivity index (χ3n) is 3.61. The molecule has 1 heterocycles. The molecule has 1 aliphatic rings. The summed E-state index contributed by atoms with van der Waals surface area (Å²) >= 11 is 0. The van der Waals surface area contributed by atoms with Crippen LogP contribution >= 0.6 is 0 Å². The SMILES string of the molecule is CCC1CCNC(C(=O)NC(CC)COC)C1. The van der Waals surface area contributed by atoms with Gasteiger partial charge in [-0.2, -0.15) is 0 Å². The van der Waals surface area contributed by atoms with E-state index < -0.39 is 0 Å². The molecule has 1 rings (SSSR count). The monoisotopic (exact) mass is 242 g/mol. The second-order valence-electron chi connectivity index (χ2n) is 4.87. The van der Waals surface area contributed by atoms with Crippen molar-refractivity contribution in [2.45, 2.75) is 51.6 Å². The first kappa shape index (κ1) is 14.5. The Labute approximate surface area is 104 Å². The first-order chi connectivity index (χ1) is 8.21. The number of carbonyl (C=O) groups excluding carboxylic acids is 1. The molecule has 0 aromatic carbocycles. The highest BCUT2D eigenvalue weighted by Crippen LogP contribution is 2.19. The minimum atomic E-state index is -0.0143. The fourth-order valence-electron chi connectivity index (χ4n) is 2.33. The van der Waals surface area contributed by atoms with Crippen LogP contribution in [0.3, 0.4) is 0 Å². The highest BCUT2D eigenvalue weighted by Gasteiger charge is 2.26. The maximum absolute atomic E-state index is 12.1. The van der Waals surface area contributed by atoms with Gasteiger partial charge in [0.25, 0.3) is 0 Å². The number of amides is 1. The van der Waals surface area contributed by atoms with E-state index in [1.165, 1.54) is 12.8 Å². The van der Waals surface area contributed by atoms with Crippen molar-refractivity contribution < 1.29 is 9.53 Å². The second-order valence-corrected chi connectivity index (χ2v) is 4.87. The fraction of sp³-hybridized carbons (Fsp3) is 0.923. The summed E-state index contributed by atoms with van der Waals surface area (Å²) in [6.45, 7) is 5.81. The lowest BCUT2D eigenvalue weighted by molar-refractivity contribution is -0.125. The van der Waals surface area contributed by atoms with E-state index in [0.29, 0.717) is 12.5 Å². The van der Waals surface area contributed by atoms with Gasteiger partial charge in [0, 0.05) is 7.11 Å². The third kappa shape index (κ3) is 4.64. The van der Waals surface area contributed by atoms with Crippen LogP contribution in [0.5, 0.6) is 0 Å². The van der Waals surface area contributed by atoms with E-state index >= 15 is 0 Å². The van der Waals surface area contributed by atoms with Crippen LogP contribution in [-0.2, 0) is 9.53 Å². The number of methoxy groups -OCH3 is 1. The molecular formula is C13H26N2O2. The van der Waals surface area contributed by atoms with Crippen molar-refractivity contribution in [2.24, 2.45) is 5.92 Å². The molecule has 17 heavy (non-hydrogen) atoms. The predicted octanol–water partition coefficient (Wildman–Crippen LogP) is 1.31. The van der Waals surface area contributed by atoms with Gasteiger partial charge in [0.1, 0.15) is 0 Å². The zero-order valence-electron chi connectivity index (χ0n) is 11.3. The summed E-state index contributed by atoms with van der Waals surface area (Å²) in [5.41, 5.74) is 0. The van der Waals surface area contributed by atoms with E-state index in [0.717, 1.165) is 19.4 Å². The molecule has 4 heteroatoms. The summed E-state index contributed by atoms with van der Waals surface area (Å²) in [5, 5.41) is 6.36. The molecular weight excluding hydrogens is 216 g/mol. The Morgan fingerprint density at radius 2 is 2.29 bits per heavy atom. The van der Waals surface area contributed by atoms with Gasteiger partial charge in [-0.25, -0.2) is 0 Å². The molecule has 0 aromatic rings. The number of carbonyl (C=O) groups is 1. The van der Waals surface area contributed by atoms with Crippen LogP contribution in [-0.4, -0.2) is 38.3 Å². The lowest BCUT2D eigenvalue weighted by Gasteiger charge is -2.30. The van der Waals surface area contributed by atoms with E-state index in [1.807, 2.05) is 0 Å². The largest absolute Gasteiger partial charge is 0.383 e. The molecule has 1 saturated heterocycles. The molecule has 0 saturated carbocycles. The van der Waals surface area contributed by atoms with Crippen LogP contribution in [0.1, 0.15) is 39.5 Å². The topological polar surface area (TPSA) is 50.4 Å². The van der Waals surface area contributed by atoms with E-state index in [-0.39, 0.29) is 18.0 Å². The highest BCUT2D eigenvalue weighted by atomic mass is 16.5. The molecule has 0 spiro atoms. The van der Waals surface area contributed by atoms with Gasteiger partial charge in [-0.1, -0.05) is 20.3 Å². The quantitative estimate of drug-likeness (QED) is 0.738. The lowest BCUT2D eigenvalue weighted by atomic mass is 9.90. The lowest BCUT2D eigenvalue weighted by Crippen LogP contribution is -2.51. The molecule has 0 aromatic heterocycles. The van der Waals surface area contributed by atoms with Gasteiger partial charge in [-0.3, -0.25) is 4.79 Å². The molecule has 0 bridgehead atoms. The number of piperidine rings is 1.